The average Bonchev–Trinajstić information content (AvgIpc) is 2.30. The zero-order valence-electron chi connectivity index (χ0n) is 7.68. The molecule has 2 aromatic carbocycles. The summed E-state index contributed by atoms with van der Waals surface area (Å²) in [6, 6.07) is 18.6. The van der Waals surface area contributed by atoms with Crippen LogP contribution in [0, 0.1) is 0 Å². The fourth-order valence-corrected chi connectivity index (χ4v) is 1.35. The highest BCUT2D eigenvalue weighted by Crippen LogP contribution is 2.08. The SMILES string of the molecule is O=C(c1ccccc1)[13c]1ccccc1. The van der Waals surface area contributed by atoms with Crippen LogP contribution in [0.3, 0.4) is 0 Å². The Bertz CT molecular complexity index is 376. The van der Waals surface area contributed by atoms with Crippen molar-refractivity contribution in [1.82, 2.24) is 0 Å². The van der Waals surface area contributed by atoms with Crippen LogP contribution in [-0.2, 0) is 0 Å². The number of benzene rings is 2. The third-order valence-corrected chi connectivity index (χ3v) is 2.07. The number of rotatable bonds is 2. The van der Waals surface area contributed by atoms with Crippen LogP contribution in [-0.4, -0.2) is 5.78 Å². The van der Waals surface area contributed by atoms with Crippen LogP contribution in [0.1, 0.15) is 15.9 Å². The number of ketones is 1. The second kappa shape index (κ2) is 3.88. The Morgan fingerprint density at radius 2 is 1.00 bits per heavy atom. The maximum Gasteiger partial charge on any atom is 0.193 e. The van der Waals surface area contributed by atoms with E-state index in [4.69, 9.17) is 0 Å². The van der Waals surface area contributed by atoms with Crippen molar-refractivity contribution in [1.29, 1.82) is 0 Å². The Labute approximate surface area is 83.0 Å². The Kier molecular flexibility index (Phi) is 2.41. The summed E-state index contributed by atoms with van der Waals surface area (Å²) < 4.78 is 0. The highest BCUT2D eigenvalue weighted by Gasteiger charge is 2.06. The largest absolute Gasteiger partial charge is 0.289 e. The molecule has 68 valence electrons. The minimum absolute atomic E-state index is 0.0752. The molecule has 0 N–H and O–H groups in total. The Morgan fingerprint density at radius 3 is 1.36 bits per heavy atom. The maximum atomic E-state index is 11.8. The van der Waals surface area contributed by atoms with Gasteiger partial charge in [0.2, 0.25) is 0 Å². The van der Waals surface area contributed by atoms with Crippen molar-refractivity contribution >= 4 is 5.78 Å². The average molecular weight is 183 g/mol. The van der Waals surface area contributed by atoms with Gasteiger partial charge in [0.15, 0.2) is 5.78 Å². The molecule has 14 heavy (non-hydrogen) atoms. The Morgan fingerprint density at radius 1 is 0.643 bits per heavy atom. The monoisotopic (exact) mass is 183 g/mol. The Hall–Kier alpha value is -1.89. The third kappa shape index (κ3) is 1.72. The number of carbonyl (C=O) groups excluding carboxylic acids is 1. The second-order valence-corrected chi connectivity index (χ2v) is 3.06. The van der Waals surface area contributed by atoms with Crippen LogP contribution in [0.2, 0.25) is 0 Å². The van der Waals surface area contributed by atoms with Gasteiger partial charge < -0.3 is 0 Å². The number of hydrogen-bond acceptors (Lipinski definition) is 1. The van der Waals surface area contributed by atoms with Crippen molar-refractivity contribution in [2.24, 2.45) is 0 Å². The molecular weight excluding hydrogens is 173 g/mol. The molecule has 0 heterocycles. The minimum Gasteiger partial charge on any atom is -0.289 e. The van der Waals surface area contributed by atoms with E-state index in [1.165, 1.54) is 0 Å². The fourth-order valence-electron chi connectivity index (χ4n) is 1.35. The molecule has 0 saturated carbocycles. The van der Waals surface area contributed by atoms with Crippen molar-refractivity contribution < 1.29 is 4.79 Å². The van der Waals surface area contributed by atoms with Gasteiger partial charge in [0.1, 0.15) is 0 Å². The molecule has 0 bridgehead atoms. The van der Waals surface area contributed by atoms with Crippen molar-refractivity contribution in [3.05, 3.63) is 71.8 Å². The molecule has 0 saturated heterocycles. The molecule has 0 atom stereocenters. The first kappa shape index (κ1) is 8.70. The highest BCUT2D eigenvalue weighted by atomic mass is 16.1. The third-order valence-electron chi connectivity index (χ3n) is 2.07. The van der Waals surface area contributed by atoms with Crippen LogP contribution in [0.5, 0.6) is 0 Å². The molecule has 0 spiro atoms. The summed E-state index contributed by atoms with van der Waals surface area (Å²) in [5.41, 5.74) is 1.47. The normalized spacial score (nSPS) is 9.71. The smallest absolute Gasteiger partial charge is 0.193 e. The molecule has 1 heteroatoms. The van der Waals surface area contributed by atoms with Crippen molar-refractivity contribution in [2.75, 3.05) is 0 Å². The molecular formula is C13H10O. The lowest BCUT2D eigenvalue weighted by Gasteiger charge is -1.99. The Balaban J connectivity index is 2.35. The summed E-state index contributed by atoms with van der Waals surface area (Å²) in [6.07, 6.45) is 0. The van der Waals surface area contributed by atoms with Crippen LogP contribution >= 0.6 is 0 Å². The van der Waals surface area contributed by atoms with Crippen molar-refractivity contribution in [3.8, 4) is 0 Å². The van der Waals surface area contributed by atoms with E-state index in [2.05, 4.69) is 0 Å². The van der Waals surface area contributed by atoms with Gasteiger partial charge in [-0.15, -0.1) is 0 Å². The zero-order valence-corrected chi connectivity index (χ0v) is 7.68. The van der Waals surface area contributed by atoms with Gasteiger partial charge in [-0.1, -0.05) is 60.7 Å². The molecule has 2 aromatic rings. The summed E-state index contributed by atoms with van der Waals surface area (Å²) in [5.74, 6) is 0.0752. The van der Waals surface area contributed by atoms with Crippen LogP contribution in [0.15, 0.2) is 60.7 Å². The molecule has 0 aliphatic heterocycles. The lowest BCUT2D eigenvalue weighted by atomic mass is 10.2. The van der Waals surface area contributed by atoms with Gasteiger partial charge in [-0.3, -0.25) is 4.79 Å². The van der Waals surface area contributed by atoms with Gasteiger partial charge in [-0.05, 0) is 0 Å². The molecule has 0 amide bonds. The quantitative estimate of drug-likeness (QED) is 0.654. The second-order valence-electron chi connectivity index (χ2n) is 3.06. The van der Waals surface area contributed by atoms with E-state index in [-0.39, 0.29) is 5.78 Å². The molecule has 0 aliphatic carbocycles. The van der Waals surface area contributed by atoms with E-state index in [1.807, 2.05) is 60.7 Å². The first-order valence-electron chi connectivity index (χ1n) is 4.53. The maximum absolute atomic E-state index is 11.8. The molecule has 0 radical (unpaired) electrons. The number of carbonyl (C=O) groups is 1. The lowest BCUT2D eigenvalue weighted by molar-refractivity contribution is 0.103. The van der Waals surface area contributed by atoms with E-state index < -0.39 is 0 Å². The summed E-state index contributed by atoms with van der Waals surface area (Å²) >= 11 is 0. The summed E-state index contributed by atoms with van der Waals surface area (Å²) in [4.78, 5) is 11.8. The minimum atomic E-state index is 0.0752. The fraction of sp³-hybridized carbons (Fsp3) is 0. The van der Waals surface area contributed by atoms with Gasteiger partial charge in [0.25, 0.3) is 0 Å². The molecule has 2 rings (SSSR count). The number of hydrogen-bond donors (Lipinski definition) is 0. The van der Waals surface area contributed by atoms with Gasteiger partial charge in [0.05, 0.1) is 0 Å². The van der Waals surface area contributed by atoms with Gasteiger partial charge >= 0.3 is 0 Å². The topological polar surface area (TPSA) is 17.1 Å². The summed E-state index contributed by atoms with van der Waals surface area (Å²) in [6.45, 7) is 0. The van der Waals surface area contributed by atoms with Crippen molar-refractivity contribution in [3.63, 3.8) is 0 Å². The highest BCUT2D eigenvalue weighted by molar-refractivity contribution is 6.08. The van der Waals surface area contributed by atoms with E-state index >= 15 is 0 Å². The van der Waals surface area contributed by atoms with Crippen LogP contribution in [0.4, 0.5) is 0 Å². The molecule has 0 unspecified atom stereocenters. The van der Waals surface area contributed by atoms with E-state index in [0.29, 0.717) is 0 Å². The van der Waals surface area contributed by atoms with E-state index in [0.717, 1.165) is 11.1 Å². The van der Waals surface area contributed by atoms with Gasteiger partial charge in [0, 0.05) is 11.1 Å². The van der Waals surface area contributed by atoms with Crippen LogP contribution in [0.25, 0.3) is 0 Å². The first-order valence-corrected chi connectivity index (χ1v) is 4.53. The summed E-state index contributed by atoms with van der Waals surface area (Å²) in [5, 5.41) is 0. The predicted octanol–water partition coefficient (Wildman–Crippen LogP) is 2.92. The lowest BCUT2D eigenvalue weighted by Crippen LogP contribution is -1.99. The van der Waals surface area contributed by atoms with Gasteiger partial charge in [-0.2, -0.15) is 0 Å². The van der Waals surface area contributed by atoms with E-state index in [9.17, 15) is 4.79 Å². The first-order chi connectivity index (χ1) is 6.88. The molecule has 0 fully saturated rings. The summed E-state index contributed by atoms with van der Waals surface area (Å²) in [7, 11) is 0. The molecule has 0 aliphatic rings. The predicted molar refractivity (Wildman–Crippen MR) is 56.3 cm³/mol. The molecule has 1 nitrogen and oxygen atoms in total. The van der Waals surface area contributed by atoms with Crippen molar-refractivity contribution in [2.45, 2.75) is 0 Å². The zero-order chi connectivity index (χ0) is 9.80. The standard InChI is InChI=1S/C13H10O/c14-13(11-7-3-1-4-8-11)12-9-5-2-6-10-12/h1-10H/i11+1. The van der Waals surface area contributed by atoms with Crippen LogP contribution < -0.4 is 0 Å². The van der Waals surface area contributed by atoms with Gasteiger partial charge in [-0.25, -0.2) is 0 Å². The van der Waals surface area contributed by atoms with E-state index in [1.54, 1.807) is 0 Å². The molecule has 0 aromatic heterocycles.